The molecule has 3 N–H and O–H groups in total. The van der Waals surface area contributed by atoms with E-state index in [0.717, 1.165) is 0 Å². The number of nitrogens with zero attached hydrogens (tertiary/aromatic N) is 2. The summed E-state index contributed by atoms with van der Waals surface area (Å²) >= 11 is 0. The molecule has 0 bridgehead atoms. The van der Waals surface area contributed by atoms with Crippen molar-refractivity contribution in [2.45, 2.75) is 63.3 Å². The van der Waals surface area contributed by atoms with Crippen molar-refractivity contribution in [3.05, 3.63) is 22.7 Å². The van der Waals surface area contributed by atoms with Gasteiger partial charge in [-0.15, -0.1) is 0 Å². The fourth-order valence-electron chi connectivity index (χ4n) is 3.08. The average Bonchev–Trinajstić information content (AvgIpc) is 2.82. The van der Waals surface area contributed by atoms with Crippen LogP contribution in [-0.4, -0.2) is 58.1 Å². The second kappa shape index (κ2) is 7.88. The van der Waals surface area contributed by atoms with E-state index in [1.807, 2.05) is 13.8 Å². The van der Waals surface area contributed by atoms with Gasteiger partial charge >= 0.3 is 24.3 Å². The molecule has 6 atom stereocenters. The number of hydrogen-bond acceptors (Lipinski definition) is 8. The van der Waals surface area contributed by atoms with Gasteiger partial charge in [-0.05, 0) is 17.1 Å². The van der Waals surface area contributed by atoms with Crippen molar-refractivity contribution in [3.8, 4) is 0 Å². The highest BCUT2D eigenvalue weighted by Gasteiger charge is 2.49. The highest BCUT2D eigenvalue weighted by molar-refractivity contribution is 6.60. The number of ether oxygens (including phenoxy) is 1. The Kier molecular flexibility index (Phi) is 5.96. The van der Waals surface area contributed by atoms with Gasteiger partial charge < -0.3 is 28.5 Å². The Morgan fingerprint density at radius 3 is 2.62 bits per heavy atom. The number of hydrogen-bond donors (Lipinski definition) is 2. The Morgan fingerprint density at radius 2 is 2.00 bits per heavy atom. The van der Waals surface area contributed by atoms with Crippen LogP contribution in [-0.2, 0) is 17.7 Å². The molecule has 0 amide bonds. The van der Waals surface area contributed by atoms with E-state index < -0.39 is 48.8 Å². The lowest BCUT2D eigenvalue weighted by Crippen LogP contribution is -2.49. The average molecular weight is 402 g/mol. The fraction of sp³-hybridized carbons (Fsp3) is 0.733. The van der Waals surface area contributed by atoms with E-state index >= 15 is 0 Å². The van der Waals surface area contributed by atoms with Crippen molar-refractivity contribution in [2.75, 3.05) is 12.3 Å². The molecule has 11 heteroatoms. The molecule has 0 aromatic carbocycles. The van der Waals surface area contributed by atoms with Gasteiger partial charge in [0, 0.05) is 6.20 Å². The van der Waals surface area contributed by atoms with Crippen molar-refractivity contribution in [3.63, 3.8) is 0 Å². The van der Waals surface area contributed by atoms with E-state index in [1.165, 1.54) is 16.8 Å². The van der Waals surface area contributed by atoms with Gasteiger partial charge in [0.25, 0.3) is 0 Å². The van der Waals surface area contributed by atoms with Crippen LogP contribution in [0.4, 0.5) is 5.82 Å². The van der Waals surface area contributed by atoms with Crippen molar-refractivity contribution < 1.29 is 22.8 Å². The number of fused-ring (bicyclic) bond motifs is 1. The highest BCUT2D eigenvalue weighted by atomic mass is 28.4. The normalized spacial score (nSPS) is 35.3. The zero-order valence-electron chi connectivity index (χ0n) is 15.4. The minimum atomic E-state index is -2.07. The van der Waals surface area contributed by atoms with Gasteiger partial charge in [-0.25, -0.2) is 4.79 Å². The first-order valence-corrected chi connectivity index (χ1v) is 12.1. The Balaban J connectivity index is 1.86. The van der Waals surface area contributed by atoms with Gasteiger partial charge in [-0.1, -0.05) is 27.7 Å². The van der Waals surface area contributed by atoms with E-state index in [1.54, 1.807) is 0 Å². The molecule has 1 aromatic rings. The lowest BCUT2D eigenvalue weighted by atomic mass is 10.1. The zero-order chi connectivity index (χ0) is 19.0. The third kappa shape index (κ3) is 3.93. The van der Waals surface area contributed by atoms with E-state index in [2.05, 4.69) is 18.8 Å². The topological polar surface area (TPSA) is 118 Å². The standard InChI is InChI=1S/C15H27N3O6Si2/c1-8(2)25-21-7-10-13(23-26(24-25)9(3)4)12(19)14(22-10)18-6-5-11(16)17-15(18)20/h5-6,8-10,12-14,19,25-26H,7H2,1-4H3,(H2,16,17,20)/t10-,12?,13+,14-,25?,26?/m1/s1. The van der Waals surface area contributed by atoms with Crippen LogP contribution in [0.15, 0.2) is 17.1 Å². The molecule has 2 saturated heterocycles. The van der Waals surface area contributed by atoms with Gasteiger partial charge in [0.15, 0.2) is 6.23 Å². The molecule has 2 fully saturated rings. The predicted molar refractivity (Wildman–Crippen MR) is 99.2 cm³/mol. The Labute approximate surface area is 155 Å². The van der Waals surface area contributed by atoms with Crippen LogP contribution in [0.5, 0.6) is 0 Å². The number of nitrogen functional groups attached to an aromatic ring is 1. The Bertz CT molecular complexity index is 688. The largest absolute Gasteiger partial charge is 0.419 e. The molecule has 0 saturated carbocycles. The van der Waals surface area contributed by atoms with E-state index in [0.29, 0.717) is 5.54 Å². The maximum atomic E-state index is 12.1. The first kappa shape index (κ1) is 19.7. The molecule has 0 spiro atoms. The summed E-state index contributed by atoms with van der Waals surface area (Å²) in [5.41, 5.74) is 5.48. The van der Waals surface area contributed by atoms with Gasteiger partial charge in [0.1, 0.15) is 24.1 Å². The van der Waals surface area contributed by atoms with Crippen LogP contribution in [0.1, 0.15) is 33.9 Å². The molecule has 9 nitrogen and oxygen atoms in total. The number of anilines is 1. The van der Waals surface area contributed by atoms with Crippen molar-refractivity contribution >= 4 is 24.4 Å². The summed E-state index contributed by atoms with van der Waals surface area (Å²) in [6, 6.07) is 1.49. The quantitative estimate of drug-likeness (QED) is 0.667. The number of nitrogens with two attached hydrogens (primary N) is 1. The molecular formula is C15H27N3O6Si2. The smallest absolute Gasteiger partial charge is 0.351 e. The number of rotatable bonds is 3. The Morgan fingerprint density at radius 1 is 1.31 bits per heavy atom. The predicted octanol–water partition coefficient (Wildman–Crippen LogP) is -0.223. The summed E-state index contributed by atoms with van der Waals surface area (Å²) in [5, 5.41) is 10.8. The summed E-state index contributed by atoms with van der Waals surface area (Å²) in [6.45, 7) is 8.52. The summed E-state index contributed by atoms with van der Waals surface area (Å²) in [6.07, 6.45) is -1.52. The van der Waals surface area contributed by atoms with Crippen LogP contribution >= 0.6 is 0 Å². The van der Waals surface area contributed by atoms with E-state index in [4.69, 9.17) is 23.4 Å². The lowest BCUT2D eigenvalue weighted by Gasteiger charge is -2.35. The maximum absolute atomic E-state index is 12.1. The lowest BCUT2D eigenvalue weighted by molar-refractivity contribution is -0.0557. The third-order valence-corrected chi connectivity index (χ3v) is 9.93. The molecule has 2 aliphatic heterocycles. The molecule has 3 rings (SSSR count). The summed E-state index contributed by atoms with van der Waals surface area (Å²) in [5.74, 6) is 0.121. The molecule has 3 heterocycles. The van der Waals surface area contributed by atoms with Gasteiger partial charge in [0.2, 0.25) is 0 Å². The summed E-state index contributed by atoms with van der Waals surface area (Å²) in [4.78, 5) is 15.8. The number of aliphatic hydroxyl groups is 1. The van der Waals surface area contributed by atoms with Crippen molar-refractivity contribution in [2.24, 2.45) is 0 Å². The van der Waals surface area contributed by atoms with Crippen LogP contribution in [0.2, 0.25) is 11.1 Å². The highest BCUT2D eigenvalue weighted by Crippen LogP contribution is 2.34. The van der Waals surface area contributed by atoms with Gasteiger partial charge in [-0.3, -0.25) is 4.57 Å². The van der Waals surface area contributed by atoms with Crippen LogP contribution < -0.4 is 11.4 Å². The first-order valence-electron chi connectivity index (χ1n) is 8.88. The molecule has 2 aliphatic rings. The van der Waals surface area contributed by atoms with E-state index in [9.17, 15) is 9.90 Å². The molecular weight excluding hydrogens is 374 g/mol. The third-order valence-electron chi connectivity index (χ3n) is 4.51. The number of aliphatic hydroxyl groups excluding tert-OH is 1. The maximum Gasteiger partial charge on any atom is 0.351 e. The monoisotopic (exact) mass is 401 g/mol. The molecule has 1 aromatic heterocycles. The van der Waals surface area contributed by atoms with Crippen LogP contribution in [0, 0.1) is 0 Å². The van der Waals surface area contributed by atoms with Gasteiger partial charge in [0.05, 0.1) is 6.61 Å². The van der Waals surface area contributed by atoms with E-state index in [-0.39, 0.29) is 18.0 Å². The summed E-state index contributed by atoms with van der Waals surface area (Å²) < 4.78 is 25.7. The second-order valence-electron chi connectivity index (χ2n) is 7.39. The second-order valence-corrected chi connectivity index (χ2v) is 13.2. The van der Waals surface area contributed by atoms with Crippen LogP contribution in [0.3, 0.4) is 0 Å². The zero-order valence-corrected chi connectivity index (χ0v) is 17.8. The Hall–Kier alpha value is -1.09. The van der Waals surface area contributed by atoms with Gasteiger partial charge in [-0.2, -0.15) is 4.98 Å². The molecule has 26 heavy (non-hydrogen) atoms. The molecule has 0 aliphatic carbocycles. The van der Waals surface area contributed by atoms with Crippen LogP contribution in [0.25, 0.3) is 0 Å². The molecule has 146 valence electrons. The minimum absolute atomic E-state index is 0.121. The molecule has 3 unspecified atom stereocenters. The number of aromatic nitrogens is 2. The molecule has 0 radical (unpaired) electrons. The fourth-order valence-corrected chi connectivity index (χ4v) is 8.95. The summed E-state index contributed by atoms with van der Waals surface area (Å²) in [7, 11) is -3.96. The van der Waals surface area contributed by atoms with Crippen molar-refractivity contribution in [1.29, 1.82) is 0 Å². The van der Waals surface area contributed by atoms with Crippen molar-refractivity contribution in [1.82, 2.24) is 9.55 Å². The first-order chi connectivity index (χ1) is 12.3. The SMILES string of the molecule is CC(C)[SiH]1OC[C@H]2O[C@@H](n3ccc(N)nc3=O)C(O)[C@H]2O[SiH](C(C)C)O1. The minimum Gasteiger partial charge on any atom is -0.419 e.